The molecule has 0 bridgehead atoms. The Morgan fingerprint density at radius 1 is 1.17 bits per heavy atom. The van der Waals surface area contributed by atoms with Crippen LogP contribution in [0, 0.1) is 30.1 Å². The summed E-state index contributed by atoms with van der Waals surface area (Å²) in [6.45, 7) is 8.10. The first kappa shape index (κ1) is 18.4. The number of terminal acetylenes is 2. The third kappa shape index (κ3) is 12.1. The average molecular weight is 252 g/mol. The molecule has 0 aromatic rings. The summed E-state index contributed by atoms with van der Waals surface area (Å²) in [5, 5.41) is 8.28. The summed E-state index contributed by atoms with van der Waals surface area (Å²) in [5.41, 5.74) is -1.27. The lowest BCUT2D eigenvalue weighted by Gasteiger charge is -2.16. The molecule has 100 valence electrons. The van der Waals surface area contributed by atoms with Gasteiger partial charge in [-0.25, -0.2) is 0 Å². The fourth-order valence-electron chi connectivity index (χ4n) is 0.818. The predicted octanol–water partition coefficient (Wildman–Crippen LogP) is 2.08. The number of hydrogen-bond donors (Lipinski definition) is 1. The van der Waals surface area contributed by atoms with Crippen LogP contribution in [0.3, 0.4) is 0 Å². The Balaban J connectivity index is 0. The first-order valence-corrected chi connectivity index (χ1v) is 5.32. The van der Waals surface area contributed by atoms with Gasteiger partial charge >= 0.3 is 11.9 Å². The van der Waals surface area contributed by atoms with E-state index in [1.165, 1.54) is 6.92 Å². The summed E-state index contributed by atoms with van der Waals surface area (Å²) < 4.78 is 4.71. The van der Waals surface area contributed by atoms with Crippen LogP contribution in [0.5, 0.6) is 0 Å². The second-order valence-electron chi connectivity index (χ2n) is 4.85. The van der Waals surface area contributed by atoms with Crippen molar-refractivity contribution in [1.82, 2.24) is 0 Å². The van der Waals surface area contributed by atoms with Gasteiger partial charge in [-0.1, -0.05) is 11.8 Å². The maximum absolute atomic E-state index is 10.3. The van der Waals surface area contributed by atoms with Crippen molar-refractivity contribution in [3.05, 3.63) is 0 Å². The molecule has 0 fully saturated rings. The van der Waals surface area contributed by atoms with E-state index in [0.717, 1.165) is 0 Å². The van der Waals surface area contributed by atoms with E-state index in [9.17, 15) is 9.59 Å². The monoisotopic (exact) mass is 252 g/mol. The molecule has 0 radical (unpaired) electrons. The van der Waals surface area contributed by atoms with Gasteiger partial charge < -0.3 is 9.84 Å². The van der Waals surface area contributed by atoms with E-state index >= 15 is 0 Å². The zero-order valence-corrected chi connectivity index (χ0v) is 11.5. The van der Waals surface area contributed by atoms with Gasteiger partial charge in [0.2, 0.25) is 0 Å². The van der Waals surface area contributed by atoms with Crippen LogP contribution in [0.4, 0.5) is 0 Å². The minimum Gasteiger partial charge on any atom is -0.481 e. The second-order valence-corrected chi connectivity index (χ2v) is 4.85. The maximum atomic E-state index is 10.3. The number of carbonyl (C=O) groups excluding carboxylic acids is 1. The van der Waals surface area contributed by atoms with Crippen LogP contribution in [-0.4, -0.2) is 22.6 Å². The Morgan fingerprint density at radius 3 is 1.72 bits per heavy atom. The highest BCUT2D eigenvalue weighted by atomic mass is 16.6. The number of carbonyl (C=O) groups is 2. The molecule has 0 unspecified atom stereocenters. The van der Waals surface area contributed by atoms with Crippen molar-refractivity contribution < 1.29 is 19.4 Å². The van der Waals surface area contributed by atoms with Gasteiger partial charge in [0.1, 0.15) is 0 Å². The van der Waals surface area contributed by atoms with Gasteiger partial charge in [0, 0.05) is 12.3 Å². The second kappa shape index (κ2) is 7.40. The van der Waals surface area contributed by atoms with Crippen LogP contribution in [0.1, 0.15) is 41.0 Å². The zero-order valence-electron chi connectivity index (χ0n) is 11.5. The number of rotatable bonds is 3. The van der Waals surface area contributed by atoms with Crippen LogP contribution in [0.15, 0.2) is 0 Å². The van der Waals surface area contributed by atoms with E-state index in [1.807, 2.05) is 0 Å². The van der Waals surface area contributed by atoms with Crippen LogP contribution >= 0.6 is 0 Å². The van der Waals surface area contributed by atoms with Gasteiger partial charge in [-0.3, -0.25) is 9.59 Å². The lowest BCUT2D eigenvalue weighted by Crippen LogP contribution is -2.24. The molecule has 0 aliphatic carbocycles. The van der Waals surface area contributed by atoms with E-state index in [-0.39, 0.29) is 12.4 Å². The number of hydrogen-bond acceptors (Lipinski definition) is 3. The molecule has 4 nitrogen and oxygen atoms in total. The highest BCUT2D eigenvalue weighted by molar-refractivity contribution is 5.68. The molecule has 0 atom stereocenters. The average Bonchev–Trinajstić information content (AvgIpc) is 2.15. The molecule has 0 aliphatic rings. The Kier molecular flexibility index (Phi) is 7.57. The van der Waals surface area contributed by atoms with Gasteiger partial charge in [-0.2, -0.15) is 0 Å². The summed E-state index contributed by atoms with van der Waals surface area (Å²) in [5.74, 6) is 3.52. The minimum atomic E-state index is -0.849. The SMILES string of the molecule is C#CC(C)(C)CC(=O)O.C#CC(C)(C)OC(C)=O. The van der Waals surface area contributed by atoms with E-state index in [1.54, 1.807) is 27.7 Å². The van der Waals surface area contributed by atoms with Gasteiger partial charge in [0.15, 0.2) is 5.60 Å². The number of ether oxygens (including phenoxy) is 1. The summed E-state index contributed by atoms with van der Waals surface area (Å²) in [6, 6.07) is 0. The number of esters is 1. The van der Waals surface area contributed by atoms with E-state index in [0.29, 0.717) is 0 Å². The highest BCUT2D eigenvalue weighted by Crippen LogP contribution is 2.17. The molecule has 0 aromatic heterocycles. The Labute approximate surface area is 109 Å². The van der Waals surface area contributed by atoms with Crippen LogP contribution < -0.4 is 0 Å². The molecular formula is C14H20O4. The maximum Gasteiger partial charge on any atom is 0.304 e. The molecular weight excluding hydrogens is 232 g/mol. The fraction of sp³-hybridized carbons (Fsp3) is 0.571. The van der Waals surface area contributed by atoms with E-state index in [2.05, 4.69) is 11.8 Å². The van der Waals surface area contributed by atoms with Crippen molar-refractivity contribution in [2.75, 3.05) is 0 Å². The largest absolute Gasteiger partial charge is 0.481 e. The van der Waals surface area contributed by atoms with Crippen molar-refractivity contribution in [2.24, 2.45) is 5.41 Å². The molecule has 0 spiro atoms. The molecule has 0 aliphatic heterocycles. The number of aliphatic carboxylic acids is 1. The molecule has 1 N–H and O–H groups in total. The third-order valence-electron chi connectivity index (χ3n) is 1.73. The van der Waals surface area contributed by atoms with Gasteiger partial charge in [-0.15, -0.1) is 12.8 Å². The Bertz CT molecular complexity index is 340. The fourth-order valence-corrected chi connectivity index (χ4v) is 0.818. The normalized spacial score (nSPS) is 10.2. The summed E-state index contributed by atoms with van der Waals surface area (Å²) >= 11 is 0. The summed E-state index contributed by atoms with van der Waals surface area (Å²) in [4.78, 5) is 20.4. The number of carboxylic acids is 1. The molecule has 18 heavy (non-hydrogen) atoms. The van der Waals surface area contributed by atoms with Gasteiger partial charge in [0.25, 0.3) is 0 Å². The molecule has 0 saturated carbocycles. The Morgan fingerprint density at radius 2 is 1.61 bits per heavy atom. The van der Waals surface area contributed by atoms with Crippen LogP contribution in [-0.2, 0) is 14.3 Å². The quantitative estimate of drug-likeness (QED) is 0.617. The zero-order chi connectivity index (χ0) is 15.0. The first-order valence-electron chi connectivity index (χ1n) is 5.32. The highest BCUT2D eigenvalue weighted by Gasteiger charge is 2.17. The standard InChI is InChI=1S/2C7H10O2/c1-5-7(3,4)9-6(2)8;1-4-7(2,3)5-6(8)9/h1H,2-4H3;1H,5H2,2-3H3,(H,8,9). The van der Waals surface area contributed by atoms with Crippen molar-refractivity contribution >= 4 is 11.9 Å². The van der Waals surface area contributed by atoms with Crippen LogP contribution in [0.2, 0.25) is 0 Å². The van der Waals surface area contributed by atoms with Crippen LogP contribution in [0.25, 0.3) is 0 Å². The molecule has 4 heteroatoms. The Hall–Kier alpha value is -1.94. The predicted molar refractivity (Wildman–Crippen MR) is 69.5 cm³/mol. The molecule has 0 heterocycles. The summed E-state index contributed by atoms with van der Waals surface area (Å²) in [6.07, 6.45) is 10.1. The van der Waals surface area contributed by atoms with E-state index < -0.39 is 17.0 Å². The molecule has 0 saturated heterocycles. The van der Waals surface area contributed by atoms with Crippen molar-refractivity contribution in [3.63, 3.8) is 0 Å². The lowest BCUT2D eigenvalue weighted by atomic mass is 9.91. The molecule has 0 amide bonds. The van der Waals surface area contributed by atoms with Crippen molar-refractivity contribution in [1.29, 1.82) is 0 Å². The smallest absolute Gasteiger partial charge is 0.304 e. The third-order valence-corrected chi connectivity index (χ3v) is 1.73. The molecule has 0 aromatic carbocycles. The lowest BCUT2D eigenvalue weighted by molar-refractivity contribution is -0.149. The topological polar surface area (TPSA) is 63.6 Å². The van der Waals surface area contributed by atoms with Crippen molar-refractivity contribution in [3.8, 4) is 24.7 Å². The van der Waals surface area contributed by atoms with Crippen molar-refractivity contribution in [2.45, 2.75) is 46.6 Å². The number of carboxylic acid groups (broad SMARTS) is 1. The first-order chi connectivity index (χ1) is 7.95. The minimum absolute atomic E-state index is 0.0312. The van der Waals surface area contributed by atoms with Gasteiger partial charge in [0.05, 0.1) is 6.42 Å². The molecule has 0 rings (SSSR count). The van der Waals surface area contributed by atoms with Gasteiger partial charge in [-0.05, 0) is 27.7 Å². The summed E-state index contributed by atoms with van der Waals surface area (Å²) in [7, 11) is 0. The van der Waals surface area contributed by atoms with E-state index in [4.69, 9.17) is 22.7 Å².